The van der Waals surface area contributed by atoms with Crippen molar-refractivity contribution in [1.82, 2.24) is 10.6 Å². The fraction of sp³-hybridized carbons (Fsp3) is 0.600. The van der Waals surface area contributed by atoms with Crippen molar-refractivity contribution in [3.63, 3.8) is 0 Å². The van der Waals surface area contributed by atoms with E-state index in [1.165, 1.54) is 0 Å². The second-order valence-electron chi connectivity index (χ2n) is 7.46. The van der Waals surface area contributed by atoms with Crippen LogP contribution in [0.15, 0.2) is 24.3 Å². The molecule has 0 radical (unpaired) electrons. The lowest BCUT2D eigenvalue weighted by Gasteiger charge is -2.35. The zero-order chi connectivity index (χ0) is 18.4. The minimum absolute atomic E-state index is 0.0461. The lowest BCUT2D eigenvalue weighted by atomic mass is 9.78. The topological polar surface area (TPSA) is 79.5 Å². The van der Waals surface area contributed by atoms with Gasteiger partial charge in [0.2, 0.25) is 11.8 Å². The number of anilines is 1. The van der Waals surface area contributed by atoms with E-state index < -0.39 is 5.41 Å². The normalized spacial score (nSPS) is 19.4. The van der Waals surface area contributed by atoms with Gasteiger partial charge in [0.25, 0.3) is 0 Å². The Kier molecular flexibility index (Phi) is 6.27. The maximum Gasteiger partial charge on any atom is 0.228 e. The molecule has 0 spiro atoms. The van der Waals surface area contributed by atoms with Gasteiger partial charge in [-0.15, -0.1) is 0 Å². The van der Waals surface area contributed by atoms with Gasteiger partial charge < -0.3 is 20.7 Å². The van der Waals surface area contributed by atoms with Crippen LogP contribution in [0.25, 0.3) is 0 Å². The molecule has 6 heteroatoms. The number of amides is 2. The molecule has 1 saturated carbocycles. The summed E-state index contributed by atoms with van der Waals surface area (Å²) in [6, 6.07) is 7.70. The second-order valence-corrected chi connectivity index (χ2v) is 7.46. The number of nitrogens with one attached hydrogen (secondary N) is 3. The zero-order valence-corrected chi connectivity index (χ0v) is 15.5. The predicted octanol–water partition coefficient (Wildman–Crippen LogP) is 2.06. The van der Waals surface area contributed by atoms with E-state index in [0.717, 1.165) is 56.4 Å². The van der Waals surface area contributed by atoms with Crippen molar-refractivity contribution in [3.05, 3.63) is 29.8 Å². The summed E-state index contributed by atoms with van der Waals surface area (Å²) in [5, 5.41) is 9.34. The highest BCUT2D eigenvalue weighted by Gasteiger charge is 2.39. The third kappa shape index (κ3) is 4.43. The largest absolute Gasteiger partial charge is 0.384 e. The molecule has 0 aromatic heterocycles. The van der Waals surface area contributed by atoms with Gasteiger partial charge in [-0.25, -0.2) is 0 Å². The molecule has 0 atom stereocenters. The summed E-state index contributed by atoms with van der Waals surface area (Å²) >= 11 is 0. The molecule has 142 valence electrons. The average molecular weight is 359 g/mol. The van der Waals surface area contributed by atoms with Gasteiger partial charge in [-0.1, -0.05) is 18.6 Å². The lowest BCUT2D eigenvalue weighted by Crippen LogP contribution is -2.49. The number of carbonyl (C=O) groups excluding carboxylic acids is 2. The molecular weight excluding hydrogens is 330 g/mol. The van der Waals surface area contributed by atoms with E-state index in [-0.39, 0.29) is 17.7 Å². The first kappa shape index (κ1) is 18.9. The Bertz CT molecular complexity index is 631. The van der Waals surface area contributed by atoms with E-state index in [4.69, 9.17) is 4.74 Å². The van der Waals surface area contributed by atoms with Crippen LogP contribution in [0.2, 0.25) is 0 Å². The van der Waals surface area contributed by atoms with Crippen LogP contribution in [0.3, 0.4) is 0 Å². The number of carbonyl (C=O) groups is 2. The Balaban J connectivity index is 1.57. The van der Waals surface area contributed by atoms with Gasteiger partial charge in [-0.05, 0) is 56.5 Å². The molecule has 3 N–H and O–H groups in total. The number of methoxy groups -OCH3 is 1. The Labute approximate surface area is 155 Å². The molecule has 2 aliphatic rings. The van der Waals surface area contributed by atoms with Crippen molar-refractivity contribution in [2.75, 3.05) is 32.1 Å². The standard InChI is InChI=1S/C20H29N3O3/c1-26-14-20(8-10-21-11-9-20)19(25)22-13-15-4-2-7-17(12-15)23-18(24)16-5-3-6-16/h2,4,7,12,16,21H,3,5-6,8-11,13-14H2,1H3,(H,22,25)(H,23,24). The summed E-state index contributed by atoms with van der Waals surface area (Å²) in [4.78, 5) is 24.9. The van der Waals surface area contributed by atoms with Crippen molar-refractivity contribution in [1.29, 1.82) is 0 Å². The second kappa shape index (κ2) is 8.64. The molecule has 2 amide bonds. The van der Waals surface area contributed by atoms with Crippen LogP contribution < -0.4 is 16.0 Å². The Morgan fingerprint density at radius 3 is 2.69 bits per heavy atom. The van der Waals surface area contributed by atoms with Crippen molar-refractivity contribution >= 4 is 17.5 Å². The van der Waals surface area contributed by atoms with E-state index in [2.05, 4.69) is 16.0 Å². The van der Waals surface area contributed by atoms with Gasteiger partial charge in [0.1, 0.15) is 0 Å². The Morgan fingerprint density at radius 2 is 2.04 bits per heavy atom. The van der Waals surface area contributed by atoms with Gasteiger partial charge in [0.15, 0.2) is 0 Å². The summed E-state index contributed by atoms with van der Waals surface area (Å²) < 4.78 is 5.32. The molecule has 26 heavy (non-hydrogen) atoms. The third-order valence-corrected chi connectivity index (χ3v) is 5.59. The average Bonchev–Trinajstić information content (AvgIpc) is 2.59. The first-order valence-corrected chi connectivity index (χ1v) is 9.51. The van der Waals surface area contributed by atoms with Crippen molar-refractivity contribution in [2.45, 2.75) is 38.6 Å². The minimum Gasteiger partial charge on any atom is -0.384 e. The summed E-state index contributed by atoms with van der Waals surface area (Å²) in [6.07, 6.45) is 4.67. The van der Waals surface area contributed by atoms with Crippen LogP contribution in [-0.2, 0) is 20.9 Å². The molecule has 1 aliphatic heterocycles. The molecule has 1 aliphatic carbocycles. The van der Waals surface area contributed by atoms with Crippen LogP contribution in [0.5, 0.6) is 0 Å². The van der Waals surface area contributed by atoms with Gasteiger partial charge in [0, 0.05) is 25.3 Å². The van der Waals surface area contributed by atoms with Gasteiger partial charge in [-0.3, -0.25) is 9.59 Å². The number of ether oxygens (including phenoxy) is 1. The summed E-state index contributed by atoms with van der Waals surface area (Å²) in [5.41, 5.74) is 1.32. The molecule has 1 aromatic rings. The van der Waals surface area contributed by atoms with Crippen LogP contribution in [0.1, 0.15) is 37.7 Å². The van der Waals surface area contributed by atoms with E-state index in [9.17, 15) is 9.59 Å². The van der Waals surface area contributed by atoms with Crippen LogP contribution in [-0.4, -0.2) is 38.6 Å². The number of benzene rings is 1. The lowest BCUT2D eigenvalue weighted by molar-refractivity contribution is -0.136. The van der Waals surface area contributed by atoms with Gasteiger partial charge in [0.05, 0.1) is 12.0 Å². The fourth-order valence-electron chi connectivity index (χ4n) is 3.66. The zero-order valence-electron chi connectivity index (χ0n) is 15.5. The number of hydrogen-bond acceptors (Lipinski definition) is 4. The quantitative estimate of drug-likeness (QED) is 0.696. The molecule has 6 nitrogen and oxygen atoms in total. The number of piperidine rings is 1. The fourth-order valence-corrected chi connectivity index (χ4v) is 3.66. The van der Waals surface area contributed by atoms with Crippen LogP contribution >= 0.6 is 0 Å². The molecule has 1 heterocycles. The smallest absolute Gasteiger partial charge is 0.228 e. The molecular formula is C20H29N3O3. The molecule has 1 saturated heterocycles. The van der Waals surface area contributed by atoms with E-state index >= 15 is 0 Å². The van der Waals surface area contributed by atoms with Crippen LogP contribution in [0, 0.1) is 11.3 Å². The Morgan fingerprint density at radius 1 is 1.27 bits per heavy atom. The predicted molar refractivity (Wildman–Crippen MR) is 101 cm³/mol. The highest BCUT2D eigenvalue weighted by atomic mass is 16.5. The summed E-state index contributed by atoms with van der Waals surface area (Å²) in [7, 11) is 1.64. The first-order valence-electron chi connectivity index (χ1n) is 9.51. The third-order valence-electron chi connectivity index (χ3n) is 5.59. The summed E-state index contributed by atoms with van der Waals surface area (Å²) in [6.45, 7) is 2.56. The minimum atomic E-state index is -0.448. The van der Waals surface area contributed by atoms with Gasteiger partial charge >= 0.3 is 0 Å². The maximum absolute atomic E-state index is 12.8. The highest BCUT2D eigenvalue weighted by molar-refractivity contribution is 5.93. The van der Waals surface area contributed by atoms with Crippen molar-refractivity contribution < 1.29 is 14.3 Å². The van der Waals surface area contributed by atoms with E-state index in [1.54, 1.807) is 7.11 Å². The number of rotatable bonds is 7. The molecule has 3 rings (SSSR count). The molecule has 1 aromatic carbocycles. The Hall–Kier alpha value is -1.92. The molecule has 0 bridgehead atoms. The van der Waals surface area contributed by atoms with Crippen molar-refractivity contribution in [3.8, 4) is 0 Å². The van der Waals surface area contributed by atoms with Gasteiger partial charge in [-0.2, -0.15) is 0 Å². The SMILES string of the molecule is COCC1(C(=O)NCc2cccc(NC(=O)C3CCC3)c2)CCNCC1. The highest BCUT2D eigenvalue weighted by Crippen LogP contribution is 2.30. The van der Waals surface area contributed by atoms with E-state index in [1.807, 2.05) is 24.3 Å². The van der Waals surface area contributed by atoms with Crippen molar-refractivity contribution in [2.24, 2.45) is 11.3 Å². The first-order chi connectivity index (χ1) is 12.6. The summed E-state index contributed by atoms with van der Waals surface area (Å²) in [5.74, 6) is 0.308. The molecule has 2 fully saturated rings. The van der Waals surface area contributed by atoms with Crippen LogP contribution in [0.4, 0.5) is 5.69 Å². The monoisotopic (exact) mass is 359 g/mol. The molecule has 0 unspecified atom stereocenters. The maximum atomic E-state index is 12.8. The van der Waals surface area contributed by atoms with E-state index in [0.29, 0.717) is 13.2 Å². The number of hydrogen-bond donors (Lipinski definition) is 3.